The number of likely N-dealkylation sites (tertiary alicyclic amines) is 1. The molecule has 0 aliphatic carbocycles. The quantitative estimate of drug-likeness (QED) is 0.758. The van der Waals surface area contributed by atoms with Gasteiger partial charge in [0.2, 0.25) is 5.88 Å². The molecule has 1 N–H and O–H groups in total. The lowest BCUT2D eigenvalue weighted by Gasteiger charge is -2.38. The summed E-state index contributed by atoms with van der Waals surface area (Å²) in [5.41, 5.74) is 0.871. The molecule has 1 aromatic carbocycles. The van der Waals surface area contributed by atoms with Crippen molar-refractivity contribution in [2.45, 2.75) is 45.0 Å². The number of halogens is 3. The highest BCUT2D eigenvalue weighted by Crippen LogP contribution is 2.36. The molecule has 0 saturated carbocycles. The van der Waals surface area contributed by atoms with E-state index in [4.69, 9.17) is 4.74 Å². The van der Waals surface area contributed by atoms with Gasteiger partial charge in [0.1, 0.15) is 6.10 Å². The van der Waals surface area contributed by atoms with E-state index in [0.29, 0.717) is 5.88 Å². The third-order valence-corrected chi connectivity index (χ3v) is 5.57. The van der Waals surface area contributed by atoms with Gasteiger partial charge in [-0.05, 0) is 63.5 Å². The molecule has 0 bridgehead atoms. The lowest BCUT2D eigenvalue weighted by atomic mass is 9.86. The largest absolute Gasteiger partial charge is 0.469 e. The van der Waals surface area contributed by atoms with Crippen LogP contribution in [0.1, 0.15) is 42.7 Å². The van der Waals surface area contributed by atoms with Crippen LogP contribution in [0.15, 0.2) is 42.5 Å². The number of alkyl halides is 3. The maximum atomic E-state index is 13.0. The minimum absolute atomic E-state index is 0.0971. The Bertz CT molecular complexity index is 787. The molecule has 1 aliphatic rings. The van der Waals surface area contributed by atoms with Gasteiger partial charge in [0, 0.05) is 23.7 Å². The Morgan fingerprint density at radius 2 is 1.79 bits per heavy atom. The first-order chi connectivity index (χ1) is 13.8. The van der Waals surface area contributed by atoms with Gasteiger partial charge in [-0.2, -0.15) is 13.2 Å². The van der Waals surface area contributed by atoms with Crippen LogP contribution in [0.2, 0.25) is 0 Å². The number of rotatable bonds is 6. The number of ether oxygens (including phenoxy) is 1. The molecule has 3 rings (SSSR count). The van der Waals surface area contributed by atoms with Crippen LogP contribution in [0.25, 0.3) is 0 Å². The monoisotopic (exact) mass is 408 g/mol. The Morgan fingerprint density at radius 1 is 1.14 bits per heavy atom. The van der Waals surface area contributed by atoms with Gasteiger partial charge in [-0.1, -0.05) is 18.2 Å². The third kappa shape index (κ3) is 5.48. The Morgan fingerprint density at radius 3 is 2.34 bits per heavy atom. The zero-order valence-electron chi connectivity index (χ0n) is 16.7. The van der Waals surface area contributed by atoms with Crippen molar-refractivity contribution in [3.8, 4) is 5.88 Å². The fourth-order valence-corrected chi connectivity index (χ4v) is 3.79. The summed E-state index contributed by atoms with van der Waals surface area (Å²) in [6.45, 7) is 5.59. The molecule has 158 valence electrons. The summed E-state index contributed by atoms with van der Waals surface area (Å²) >= 11 is 0. The number of aryl methyl sites for hydroxylation is 1. The summed E-state index contributed by atoms with van der Waals surface area (Å²) in [6.07, 6.45) is -3.07. The SMILES string of the molecule is Cc1cccc(OC(c2ccc(C(F)(F)F)cc2)C2CCN([C@H](C)CO)CC2)n1. The van der Waals surface area contributed by atoms with Crippen LogP contribution in [0.5, 0.6) is 5.88 Å². The number of aliphatic hydroxyl groups excluding tert-OH is 1. The van der Waals surface area contributed by atoms with E-state index in [2.05, 4.69) is 9.88 Å². The summed E-state index contributed by atoms with van der Waals surface area (Å²) in [4.78, 5) is 6.63. The molecule has 0 spiro atoms. The predicted octanol–water partition coefficient (Wildman–Crippen LogP) is 4.62. The number of aliphatic hydroxyl groups is 1. The summed E-state index contributed by atoms with van der Waals surface area (Å²) < 4.78 is 45.1. The first kappa shape index (κ1) is 21.6. The van der Waals surface area contributed by atoms with E-state index in [9.17, 15) is 18.3 Å². The van der Waals surface area contributed by atoms with Crippen LogP contribution in [-0.2, 0) is 6.18 Å². The molecular formula is C22H27F3N2O2. The Balaban J connectivity index is 1.82. The smallest absolute Gasteiger partial charge is 0.416 e. The molecule has 0 radical (unpaired) electrons. The highest BCUT2D eigenvalue weighted by atomic mass is 19.4. The molecule has 7 heteroatoms. The van der Waals surface area contributed by atoms with E-state index >= 15 is 0 Å². The maximum Gasteiger partial charge on any atom is 0.416 e. The molecule has 0 amide bonds. The van der Waals surface area contributed by atoms with Crippen molar-refractivity contribution < 1.29 is 23.0 Å². The van der Waals surface area contributed by atoms with Crippen LogP contribution < -0.4 is 4.74 Å². The van der Waals surface area contributed by atoms with Gasteiger partial charge < -0.3 is 9.84 Å². The van der Waals surface area contributed by atoms with Gasteiger partial charge in [0.15, 0.2) is 0 Å². The van der Waals surface area contributed by atoms with E-state index in [1.165, 1.54) is 12.1 Å². The predicted molar refractivity (Wildman–Crippen MR) is 105 cm³/mol. The fraction of sp³-hybridized carbons (Fsp3) is 0.500. The molecule has 1 fully saturated rings. The highest BCUT2D eigenvalue weighted by molar-refractivity contribution is 5.28. The fourth-order valence-electron chi connectivity index (χ4n) is 3.79. The number of pyridine rings is 1. The van der Waals surface area contributed by atoms with Gasteiger partial charge >= 0.3 is 6.18 Å². The third-order valence-electron chi connectivity index (χ3n) is 5.57. The molecule has 1 unspecified atom stereocenters. The number of aromatic nitrogens is 1. The molecule has 29 heavy (non-hydrogen) atoms. The standard InChI is InChI=1S/C22H27F3N2O2/c1-15-4-3-5-20(26-15)29-21(17-6-8-19(9-7-17)22(23,24)25)18-10-12-27(13-11-18)16(2)14-28/h3-9,16,18,21,28H,10-14H2,1-2H3/t16-,21?/m1/s1. The second-order valence-electron chi connectivity index (χ2n) is 7.68. The summed E-state index contributed by atoms with van der Waals surface area (Å²) in [6, 6.07) is 10.8. The average Bonchev–Trinajstić information content (AvgIpc) is 2.71. The van der Waals surface area contributed by atoms with Gasteiger partial charge in [-0.25, -0.2) is 4.98 Å². The van der Waals surface area contributed by atoms with E-state index in [1.807, 2.05) is 26.0 Å². The Kier molecular flexibility index (Phi) is 6.80. The highest BCUT2D eigenvalue weighted by Gasteiger charge is 2.33. The normalized spacial score (nSPS) is 18.4. The van der Waals surface area contributed by atoms with Crippen molar-refractivity contribution in [1.29, 1.82) is 0 Å². The minimum atomic E-state index is -4.36. The van der Waals surface area contributed by atoms with E-state index < -0.39 is 11.7 Å². The number of hydrogen-bond acceptors (Lipinski definition) is 4. The lowest BCUT2D eigenvalue weighted by molar-refractivity contribution is -0.137. The molecule has 1 saturated heterocycles. The first-order valence-electron chi connectivity index (χ1n) is 9.90. The van der Waals surface area contributed by atoms with Gasteiger partial charge in [0.05, 0.1) is 12.2 Å². The lowest BCUT2D eigenvalue weighted by Crippen LogP contribution is -2.43. The van der Waals surface area contributed by atoms with Crippen molar-refractivity contribution in [3.63, 3.8) is 0 Å². The van der Waals surface area contributed by atoms with Crippen molar-refractivity contribution in [1.82, 2.24) is 9.88 Å². The second-order valence-corrected chi connectivity index (χ2v) is 7.68. The number of benzene rings is 1. The van der Waals surface area contributed by atoms with E-state index in [1.54, 1.807) is 6.07 Å². The second kappa shape index (κ2) is 9.13. The van der Waals surface area contributed by atoms with Crippen LogP contribution in [0.4, 0.5) is 13.2 Å². The molecule has 2 atom stereocenters. The molecule has 4 nitrogen and oxygen atoms in total. The zero-order valence-corrected chi connectivity index (χ0v) is 16.7. The van der Waals surface area contributed by atoms with Crippen LogP contribution in [-0.4, -0.2) is 40.7 Å². The van der Waals surface area contributed by atoms with E-state index in [-0.39, 0.29) is 24.7 Å². The Hall–Kier alpha value is -2.12. The number of hydrogen-bond donors (Lipinski definition) is 1. The number of nitrogens with zero attached hydrogens (tertiary/aromatic N) is 2. The molecule has 2 heterocycles. The van der Waals surface area contributed by atoms with Gasteiger partial charge in [-0.15, -0.1) is 0 Å². The van der Waals surface area contributed by atoms with Crippen molar-refractivity contribution >= 4 is 0 Å². The van der Waals surface area contributed by atoms with Crippen molar-refractivity contribution in [2.24, 2.45) is 5.92 Å². The summed E-state index contributed by atoms with van der Waals surface area (Å²) in [7, 11) is 0. The van der Waals surface area contributed by atoms with Crippen molar-refractivity contribution in [2.75, 3.05) is 19.7 Å². The first-order valence-corrected chi connectivity index (χ1v) is 9.90. The molecule has 1 aromatic heterocycles. The Labute approximate surface area is 169 Å². The van der Waals surface area contributed by atoms with Crippen LogP contribution >= 0.6 is 0 Å². The van der Waals surface area contributed by atoms with Crippen LogP contribution in [0, 0.1) is 12.8 Å². The molecule has 1 aliphatic heterocycles. The van der Waals surface area contributed by atoms with Crippen LogP contribution in [0.3, 0.4) is 0 Å². The molecular weight excluding hydrogens is 381 g/mol. The average molecular weight is 408 g/mol. The van der Waals surface area contributed by atoms with E-state index in [0.717, 1.165) is 49.3 Å². The summed E-state index contributed by atoms with van der Waals surface area (Å²) in [5, 5.41) is 9.39. The number of piperidine rings is 1. The maximum absolute atomic E-state index is 13.0. The van der Waals surface area contributed by atoms with Crippen molar-refractivity contribution in [3.05, 3.63) is 59.3 Å². The summed E-state index contributed by atoms with van der Waals surface area (Å²) in [5.74, 6) is 0.622. The zero-order chi connectivity index (χ0) is 21.0. The van der Waals surface area contributed by atoms with Gasteiger partial charge in [0.25, 0.3) is 0 Å². The minimum Gasteiger partial charge on any atom is -0.469 e. The topological polar surface area (TPSA) is 45.6 Å². The molecule has 2 aromatic rings. The van der Waals surface area contributed by atoms with Gasteiger partial charge in [-0.3, -0.25) is 4.90 Å².